The number of hydrogen-bond donors (Lipinski definition) is 2. The number of nitrogens with two attached hydrogens (primary N) is 1. The highest BCUT2D eigenvalue weighted by atomic mass is 32.2. The van der Waals surface area contributed by atoms with Crippen molar-refractivity contribution in [2.45, 2.75) is 24.8 Å². The summed E-state index contributed by atoms with van der Waals surface area (Å²) in [5.74, 6) is 1.08. The Bertz CT molecular complexity index is 574. The van der Waals surface area contributed by atoms with E-state index in [9.17, 15) is 8.42 Å². The van der Waals surface area contributed by atoms with Gasteiger partial charge in [0, 0.05) is 12.1 Å². The number of ether oxygens (including phenoxy) is 2. The number of fused-ring (bicyclic) bond motifs is 1. The predicted molar refractivity (Wildman–Crippen MR) is 75.4 cm³/mol. The van der Waals surface area contributed by atoms with Crippen molar-refractivity contribution in [3.05, 3.63) is 18.2 Å². The van der Waals surface area contributed by atoms with Crippen molar-refractivity contribution >= 4 is 10.0 Å². The van der Waals surface area contributed by atoms with Gasteiger partial charge in [0.1, 0.15) is 13.2 Å². The van der Waals surface area contributed by atoms with Gasteiger partial charge in [-0.15, -0.1) is 0 Å². The first-order valence-corrected chi connectivity index (χ1v) is 8.04. The quantitative estimate of drug-likeness (QED) is 0.836. The van der Waals surface area contributed by atoms with Crippen molar-refractivity contribution in [3.63, 3.8) is 0 Å². The van der Waals surface area contributed by atoms with E-state index in [1.165, 1.54) is 12.1 Å². The van der Waals surface area contributed by atoms with Crippen LogP contribution in [-0.4, -0.2) is 34.2 Å². The second kappa shape index (κ2) is 5.99. The van der Waals surface area contributed by atoms with Crippen LogP contribution in [0.4, 0.5) is 0 Å². The molecule has 0 radical (unpaired) electrons. The Labute approximate surface area is 119 Å². The predicted octanol–water partition coefficient (Wildman–Crippen LogP) is 0.719. The van der Waals surface area contributed by atoms with Crippen molar-refractivity contribution in [1.82, 2.24) is 4.72 Å². The van der Waals surface area contributed by atoms with Crippen molar-refractivity contribution < 1.29 is 17.9 Å². The first-order valence-electron chi connectivity index (χ1n) is 6.56. The van der Waals surface area contributed by atoms with Crippen LogP contribution in [0.5, 0.6) is 11.5 Å². The molecule has 1 heterocycles. The number of hydrogen-bond acceptors (Lipinski definition) is 5. The van der Waals surface area contributed by atoms with Crippen LogP contribution in [0.2, 0.25) is 0 Å². The van der Waals surface area contributed by atoms with E-state index < -0.39 is 10.0 Å². The maximum absolute atomic E-state index is 12.3. The number of rotatable bonds is 5. The summed E-state index contributed by atoms with van der Waals surface area (Å²) < 4.78 is 38.0. The van der Waals surface area contributed by atoms with Gasteiger partial charge in [-0.25, -0.2) is 13.1 Å². The third-order valence-corrected chi connectivity index (χ3v) is 4.95. The Kier molecular flexibility index (Phi) is 4.52. The fourth-order valence-electron chi connectivity index (χ4n) is 1.82. The van der Waals surface area contributed by atoms with Gasteiger partial charge in [0.2, 0.25) is 10.0 Å². The Hall–Kier alpha value is -1.31. The highest BCUT2D eigenvalue weighted by Gasteiger charge is 2.23. The fraction of sp³-hybridized carbons (Fsp3) is 0.538. The van der Waals surface area contributed by atoms with E-state index in [1.54, 1.807) is 13.0 Å². The summed E-state index contributed by atoms with van der Waals surface area (Å²) in [6.07, 6.45) is 0. The third-order valence-electron chi connectivity index (χ3n) is 3.39. The molecule has 0 aromatic heterocycles. The second-order valence-electron chi connectivity index (χ2n) is 4.93. The van der Waals surface area contributed by atoms with Gasteiger partial charge in [-0.05, 0) is 31.5 Å². The zero-order chi connectivity index (χ0) is 14.8. The molecule has 1 aliphatic heterocycles. The fourth-order valence-corrected chi connectivity index (χ4v) is 3.19. The Morgan fingerprint density at radius 1 is 1.25 bits per heavy atom. The molecule has 7 heteroatoms. The number of nitrogens with one attached hydrogen (secondary N) is 1. The minimum atomic E-state index is -3.59. The van der Waals surface area contributed by atoms with E-state index in [-0.39, 0.29) is 16.9 Å². The standard InChI is InChI=1S/C13H20N2O4S/c1-9(8-14)10(2)15-20(16,17)11-3-4-12-13(7-11)19-6-5-18-12/h3-4,7,9-10,15H,5-6,8,14H2,1-2H3. The van der Waals surface area contributed by atoms with E-state index in [0.717, 1.165) is 0 Å². The molecule has 0 fully saturated rings. The van der Waals surface area contributed by atoms with E-state index in [0.29, 0.717) is 31.3 Å². The Balaban J connectivity index is 2.21. The summed E-state index contributed by atoms with van der Waals surface area (Å²) in [6.45, 7) is 5.02. The lowest BCUT2D eigenvalue weighted by Gasteiger charge is -2.21. The van der Waals surface area contributed by atoms with Gasteiger partial charge in [0.05, 0.1) is 4.90 Å². The largest absolute Gasteiger partial charge is 0.486 e. The molecule has 0 saturated heterocycles. The van der Waals surface area contributed by atoms with Crippen LogP contribution in [-0.2, 0) is 10.0 Å². The number of sulfonamides is 1. The monoisotopic (exact) mass is 300 g/mol. The second-order valence-corrected chi connectivity index (χ2v) is 6.64. The smallest absolute Gasteiger partial charge is 0.240 e. The maximum atomic E-state index is 12.3. The number of benzene rings is 1. The molecule has 1 aliphatic rings. The van der Waals surface area contributed by atoms with Crippen molar-refractivity contribution in [2.75, 3.05) is 19.8 Å². The molecule has 0 saturated carbocycles. The van der Waals surface area contributed by atoms with E-state index in [4.69, 9.17) is 15.2 Å². The Morgan fingerprint density at radius 2 is 1.90 bits per heavy atom. The van der Waals surface area contributed by atoms with Crippen LogP contribution in [0.15, 0.2) is 23.1 Å². The van der Waals surface area contributed by atoms with Crippen molar-refractivity contribution in [1.29, 1.82) is 0 Å². The van der Waals surface area contributed by atoms with Crippen molar-refractivity contribution in [3.8, 4) is 11.5 Å². The summed E-state index contributed by atoms with van der Waals surface area (Å²) in [6, 6.07) is 4.37. The van der Waals surface area contributed by atoms with Crippen LogP contribution >= 0.6 is 0 Å². The van der Waals surface area contributed by atoms with E-state index in [2.05, 4.69) is 4.72 Å². The molecule has 0 aliphatic carbocycles. The molecule has 0 spiro atoms. The average Bonchev–Trinajstić information content (AvgIpc) is 2.45. The first-order chi connectivity index (χ1) is 9.44. The molecule has 0 bridgehead atoms. The minimum absolute atomic E-state index is 0.0574. The van der Waals surface area contributed by atoms with Crippen LogP contribution in [0.25, 0.3) is 0 Å². The molecule has 1 aromatic rings. The Morgan fingerprint density at radius 3 is 2.55 bits per heavy atom. The van der Waals surface area contributed by atoms with Crippen LogP contribution in [0, 0.1) is 5.92 Å². The third kappa shape index (κ3) is 3.23. The maximum Gasteiger partial charge on any atom is 0.240 e. The minimum Gasteiger partial charge on any atom is -0.486 e. The summed E-state index contributed by atoms with van der Waals surface area (Å²) in [5.41, 5.74) is 5.55. The zero-order valence-electron chi connectivity index (χ0n) is 11.6. The molecular formula is C13H20N2O4S. The van der Waals surface area contributed by atoms with E-state index >= 15 is 0 Å². The van der Waals surface area contributed by atoms with Crippen LogP contribution in [0.3, 0.4) is 0 Å². The summed E-state index contributed by atoms with van der Waals surface area (Å²) >= 11 is 0. The van der Waals surface area contributed by atoms with Gasteiger partial charge in [0.15, 0.2) is 11.5 Å². The molecule has 1 aromatic carbocycles. The molecule has 0 amide bonds. The molecule has 3 N–H and O–H groups in total. The summed E-state index contributed by atoms with van der Waals surface area (Å²) in [7, 11) is -3.59. The van der Waals surface area contributed by atoms with Gasteiger partial charge in [-0.3, -0.25) is 0 Å². The molecule has 2 rings (SSSR count). The molecule has 112 valence electrons. The van der Waals surface area contributed by atoms with Crippen LogP contribution in [0.1, 0.15) is 13.8 Å². The lowest BCUT2D eigenvalue weighted by Crippen LogP contribution is -2.39. The highest BCUT2D eigenvalue weighted by Crippen LogP contribution is 2.32. The highest BCUT2D eigenvalue weighted by molar-refractivity contribution is 7.89. The molecular weight excluding hydrogens is 280 g/mol. The lowest BCUT2D eigenvalue weighted by atomic mass is 10.1. The van der Waals surface area contributed by atoms with Gasteiger partial charge < -0.3 is 15.2 Å². The van der Waals surface area contributed by atoms with Gasteiger partial charge in [-0.1, -0.05) is 6.92 Å². The summed E-state index contributed by atoms with van der Waals surface area (Å²) in [5, 5.41) is 0. The topological polar surface area (TPSA) is 90.7 Å². The van der Waals surface area contributed by atoms with Gasteiger partial charge >= 0.3 is 0 Å². The van der Waals surface area contributed by atoms with Crippen molar-refractivity contribution in [2.24, 2.45) is 11.7 Å². The lowest BCUT2D eigenvalue weighted by molar-refractivity contribution is 0.171. The SMILES string of the molecule is CC(CN)C(C)NS(=O)(=O)c1ccc2c(c1)OCCO2. The zero-order valence-corrected chi connectivity index (χ0v) is 12.4. The molecule has 2 atom stereocenters. The molecule has 20 heavy (non-hydrogen) atoms. The van der Waals surface area contributed by atoms with Crippen LogP contribution < -0.4 is 19.9 Å². The first kappa shape index (κ1) is 15.1. The molecule has 2 unspecified atom stereocenters. The van der Waals surface area contributed by atoms with E-state index in [1.807, 2.05) is 6.92 Å². The molecule has 6 nitrogen and oxygen atoms in total. The van der Waals surface area contributed by atoms with Gasteiger partial charge in [0.25, 0.3) is 0 Å². The van der Waals surface area contributed by atoms with Gasteiger partial charge in [-0.2, -0.15) is 0 Å². The average molecular weight is 300 g/mol. The normalized spacial score (nSPS) is 17.6. The summed E-state index contributed by atoms with van der Waals surface area (Å²) in [4.78, 5) is 0.165.